The first-order valence-corrected chi connectivity index (χ1v) is 9.42. The minimum atomic E-state index is -0.201. The van der Waals surface area contributed by atoms with Gasteiger partial charge in [0.25, 0.3) is 0 Å². The Morgan fingerprint density at radius 2 is 1.96 bits per heavy atom. The summed E-state index contributed by atoms with van der Waals surface area (Å²) in [4.78, 5) is 17.3. The fraction of sp³-hybridized carbons (Fsp3) is 0.294. The second kappa shape index (κ2) is 8.17. The monoisotopic (exact) mass is 398 g/mol. The van der Waals surface area contributed by atoms with Crippen molar-refractivity contribution in [2.45, 2.75) is 18.2 Å². The van der Waals surface area contributed by atoms with Gasteiger partial charge in [0.2, 0.25) is 5.91 Å². The molecule has 0 saturated carbocycles. The van der Waals surface area contributed by atoms with E-state index in [1.165, 1.54) is 11.8 Å². The number of carbonyl (C=O) groups is 1. The average molecular weight is 399 g/mol. The molecule has 8 heteroatoms. The first-order valence-electron chi connectivity index (χ1n) is 7.68. The van der Waals surface area contributed by atoms with Gasteiger partial charge in [-0.05, 0) is 31.2 Å². The summed E-state index contributed by atoms with van der Waals surface area (Å²) in [6, 6.07) is 7.22. The number of ether oxygens (including phenoxy) is 2. The van der Waals surface area contributed by atoms with E-state index in [4.69, 9.17) is 32.7 Å². The van der Waals surface area contributed by atoms with Crippen LogP contribution in [0.5, 0.6) is 11.5 Å². The number of carbonyl (C=O) groups excluding carboxylic acids is 1. The molecule has 0 atom stereocenters. The van der Waals surface area contributed by atoms with Gasteiger partial charge in [0.05, 0.1) is 34.7 Å². The van der Waals surface area contributed by atoms with Crippen LogP contribution < -0.4 is 14.8 Å². The highest BCUT2D eigenvalue weighted by Crippen LogP contribution is 2.34. The van der Waals surface area contributed by atoms with Crippen molar-refractivity contribution in [2.75, 3.05) is 24.3 Å². The molecule has 0 radical (unpaired) electrons. The van der Waals surface area contributed by atoms with Crippen LogP contribution in [0.3, 0.4) is 0 Å². The number of hydrogen-bond donors (Lipinski definition) is 1. The van der Waals surface area contributed by atoms with E-state index in [-0.39, 0.29) is 11.7 Å². The number of benzene rings is 1. The standard InChI is InChI=1S/C17H16Cl2N2O3S/c1-10-12(18)8-13(19)17(20-10)21-16(22)9-25-11-3-4-14-15(7-11)24-6-2-5-23-14/h3-4,7-8H,2,5-6,9H2,1H3,(H,20,21,22). The number of anilines is 1. The number of thioether (sulfide) groups is 1. The zero-order chi connectivity index (χ0) is 17.8. The number of nitrogens with one attached hydrogen (secondary N) is 1. The minimum Gasteiger partial charge on any atom is -0.490 e. The number of rotatable bonds is 4. The second-order valence-electron chi connectivity index (χ2n) is 5.38. The highest BCUT2D eigenvalue weighted by molar-refractivity contribution is 8.00. The number of aromatic nitrogens is 1. The first kappa shape index (κ1) is 18.2. The van der Waals surface area contributed by atoms with Crippen molar-refractivity contribution in [3.8, 4) is 11.5 Å². The molecule has 1 aromatic carbocycles. The largest absolute Gasteiger partial charge is 0.490 e. The average Bonchev–Trinajstić information content (AvgIpc) is 2.82. The summed E-state index contributed by atoms with van der Waals surface area (Å²) in [5.74, 6) is 1.78. The SMILES string of the molecule is Cc1nc(NC(=O)CSc2ccc3c(c2)OCCCO3)c(Cl)cc1Cl. The van der Waals surface area contributed by atoms with Gasteiger partial charge in [-0.2, -0.15) is 0 Å². The van der Waals surface area contributed by atoms with Crippen molar-refractivity contribution in [3.63, 3.8) is 0 Å². The Morgan fingerprint density at radius 3 is 2.76 bits per heavy atom. The molecule has 0 bridgehead atoms. The third-order valence-corrected chi connectivity index (χ3v) is 5.12. The van der Waals surface area contributed by atoms with Crippen LogP contribution in [0.2, 0.25) is 10.0 Å². The molecule has 0 unspecified atom stereocenters. The van der Waals surface area contributed by atoms with Gasteiger partial charge in [0.1, 0.15) is 0 Å². The number of amides is 1. The van der Waals surface area contributed by atoms with E-state index < -0.39 is 0 Å². The van der Waals surface area contributed by atoms with Crippen molar-refractivity contribution in [1.82, 2.24) is 4.98 Å². The van der Waals surface area contributed by atoms with Crippen molar-refractivity contribution >= 4 is 46.7 Å². The van der Waals surface area contributed by atoms with Crippen LogP contribution in [0.25, 0.3) is 0 Å². The molecule has 2 heterocycles. The summed E-state index contributed by atoms with van der Waals surface area (Å²) in [6.45, 7) is 3.03. The normalized spacial score (nSPS) is 13.2. The molecule has 1 aliphatic heterocycles. The van der Waals surface area contributed by atoms with Gasteiger partial charge in [-0.25, -0.2) is 4.98 Å². The second-order valence-corrected chi connectivity index (χ2v) is 7.25. The van der Waals surface area contributed by atoms with Crippen molar-refractivity contribution < 1.29 is 14.3 Å². The van der Waals surface area contributed by atoms with Gasteiger partial charge >= 0.3 is 0 Å². The summed E-state index contributed by atoms with van der Waals surface area (Å²) in [5, 5.41) is 3.48. The smallest absolute Gasteiger partial charge is 0.235 e. The van der Waals surface area contributed by atoms with Gasteiger partial charge in [-0.1, -0.05) is 23.2 Å². The topological polar surface area (TPSA) is 60.5 Å². The van der Waals surface area contributed by atoms with E-state index in [0.717, 1.165) is 17.1 Å². The minimum absolute atomic E-state index is 0.201. The molecule has 25 heavy (non-hydrogen) atoms. The predicted molar refractivity (Wildman–Crippen MR) is 100 cm³/mol. The number of fused-ring (bicyclic) bond motifs is 1. The van der Waals surface area contributed by atoms with Crippen LogP contribution in [0.1, 0.15) is 12.1 Å². The summed E-state index contributed by atoms with van der Waals surface area (Å²) < 4.78 is 11.2. The fourth-order valence-corrected chi connectivity index (χ4v) is 3.33. The summed E-state index contributed by atoms with van der Waals surface area (Å²) >= 11 is 13.4. The van der Waals surface area contributed by atoms with Gasteiger partial charge in [0, 0.05) is 11.3 Å². The number of hydrogen-bond acceptors (Lipinski definition) is 5. The molecular formula is C17H16Cl2N2O3S. The zero-order valence-corrected chi connectivity index (χ0v) is 15.8. The number of nitrogens with zero attached hydrogens (tertiary/aromatic N) is 1. The van der Waals surface area contributed by atoms with E-state index in [9.17, 15) is 4.79 Å². The molecule has 1 aromatic heterocycles. The predicted octanol–water partition coefficient (Wildman–Crippen LogP) is 4.59. The molecule has 0 fully saturated rings. The molecule has 0 saturated heterocycles. The molecule has 5 nitrogen and oxygen atoms in total. The maximum absolute atomic E-state index is 12.2. The zero-order valence-electron chi connectivity index (χ0n) is 13.5. The lowest BCUT2D eigenvalue weighted by Gasteiger charge is -2.10. The first-order chi connectivity index (χ1) is 12.0. The Balaban J connectivity index is 1.61. The highest BCUT2D eigenvalue weighted by Gasteiger charge is 2.13. The van der Waals surface area contributed by atoms with E-state index in [2.05, 4.69) is 10.3 Å². The van der Waals surface area contributed by atoms with Crippen LogP contribution in [-0.4, -0.2) is 29.9 Å². The quantitative estimate of drug-likeness (QED) is 0.763. The molecular weight excluding hydrogens is 383 g/mol. The number of halogens is 2. The van der Waals surface area contributed by atoms with Gasteiger partial charge in [-0.15, -0.1) is 11.8 Å². The lowest BCUT2D eigenvalue weighted by atomic mass is 10.3. The fourth-order valence-electron chi connectivity index (χ4n) is 2.20. The van der Waals surface area contributed by atoms with Gasteiger partial charge < -0.3 is 14.8 Å². The Labute approximate surface area is 160 Å². The molecule has 1 aliphatic rings. The molecule has 1 N–H and O–H groups in total. The summed E-state index contributed by atoms with van der Waals surface area (Å²) in [7, 11) is 0. The van der Waals surface area contributed by atoms with Crippen molar-refractivity contribution in [1.29, 1.82) is 0 Å². The van der Waals surface area contributed by atoms with Crippen LogP contribution in [0.15, 0.2) is 29.2 Å². The van der Waals surface area contributed by atoms with E-state index in [1.54, 1.807) is 13.0 Å². The maximum atomic E-state index is 12.2. The molecule has 2 aromatic rings. The van der Waals surface area contributed by atoms with Crippen LogP contribution in [-0.2, 0) is 4.79 Å². The van der Waals surface area contributed by atoms with Crippen LogP contribution in [0, 0.1) is 6.92 Å². The Hall–Kier alpha value is -1.63. The molecule has 0 spiro atoms. The van der Waals surface area contributed by atoms with Crippen LogP contribution >= 0.6 is 35.0 Å². The van der Waals surface area contributed by atoms with E-state index in [1.807, 2.05) is 18.2 Å². The highest BCUT2D eigenvalue weighted by atomic mass is 35.5. The number of aryl methyl sites for hydroxylation is 1. The number of pyridine rings is 1. The lowest BCUT2D eigenvalue weighted by Crippen LogP contribution is -2.15. The Bertz CT molecular complexity index is 802. The molecule has 1 amide bonds. The van der Waals surface area contributed by atoms with E-state index >= 15 is 0 Å². The summed E-state index contributed by atoms with van der Waals surface area (Å²) in [6.07, 6.45) is 0.855. The Kier molecular flexibility index (Phi) is 5.93. The van der Waals surface area contributed by atoms with Crippen LogP contribution in [0.4, 0.5) is 5.82 Å². The van der Waals surface area contributed by atoms with Crippen molar-refractivity contribution in [3.05, 3.63) is 40.0 Å². The summed E-state index contributed by atoms with van der Waals surface area (Å²) in [5.41, 5.74) is 0.608. The molecule has 0 aliphatic carbocycles. The molecule has 3 rings (SSSR count). The van der Waals surface area contributed by atoms with Gasteiger partial charge in [-0.3, -0.25) is 4.79 Å². The maximum Gasteiger partial charge on any atom is 0.235 e. The van der Waals surface area contributed by atoms with Gasteiger partial charge in [0.15, 0.2) is 17.3 Å². The molecule has 132 valence electrons. The third kappa shape index (κ3) is 4.71. The van der Waals surface area contributed by atoms with Crippen molar-refractivity contribution in [2.24, 2.45) is 0 Å². The lowest BCUT2D eigenvalue weighted by molar-refractivity contribution is -0.113. The Morgan fingerprint density at radius 1 is 1.20 bits per heavy atom. The van der Waals surface area contributed by atoms with E-state index in [0.29, 0.717) is 40.5 Å². The third-order valence-electron chi connectivity index (χ3n) is 3.45.